The average Bonchev–Trinajstić information content (AvgIpc) is 2.72. The van der Waals surface area contributed by atoms with Gasteiger partial charge >= 0.3 is 0 Å². The maximum atomic E-state index is 5.70. The van der Waals surface area contributed by atoms with Gasteiger partial charge in [0.15, 0.2) is 5.82 Å². The number of nitrogens with zero attached hydrogens (tertiary/aromatic N) is 3. The largest absolute Gasteiger partial charge is 0.384 e. The van der Waals surface area contributed by atoms with Gasteiger partial charge in [-0.05, 0) is 6.92 Å². The molecule has 0 aliphatic carbocycles. The third kappa shape index (κ3) is 3.38. The van der Waals surface area contributed by atoms with Crippen molar-refractivity contribution >= 4 is 23.0 Å². The van der Waals surface area contributed by atoms with E-state index in [1.165, 1.54) is 0 Å². The summed E-state index contributed by atoms with van der Waals surface area (Å²) in [5.74, 6) is 1.67. The van der Waals surface area contributed by atoms with Gasteiger partial charge in [0, 0.05) is 24.3 Å². The zero-order valence-electron chi connectivity index (χ0n) is 10.3. The molecule has 0 saturated heterocycles. The van der Waals surface area contributed by atoms with Crippen LogP contribution in [0, 0.1) is 6.92 Å². The van der Waals surface area contributed by atoms with Gasteiger partial charge in [-0.2, -0.15) is 0 Å². The maximum absolute atomic E-state index is 5.70. The Morgan fingerprint density at radius 3 is 2.89 bits per heavy atom. The van der Waals surface area contributed by atoms with E-state index in [1.807, 2.05) is 12.3 Å². The summed E-state index contributed by atoms with van der Waals surface area (Å²) >= 11 is 1.61. The standard InChI is InChI=1S/C11H15N5OS/c1-7-6-18-11(14-7)4-13-9-3-8(12)15-10(16-9)5-17-2/h3,6H,4-5H2,1-2H3,(H3,12,13,15,16). The third-order valence-electron chi connectivity index (χ3n) is 2.15. The number of hydrogen-bond acceptors (Lipinski definition) is 7. The van der Waals surface area contributed by atoms with E-state index in [1.54, 1.807) is 24.5 Å². The van der Waals surface area contributed by atoms with Crippen LogP contribution in [0.2, 0.25) is 0 Å². The number of ether oxygens (including phenoxy) is 1. The zero-order valence-corrected chi connectivity index (χ0v) is 11.1. The van der Waals surface area contributed by atoms with Gasteiger partial charge in [0.2, 0.25) is 0 Å². The van der Waals surface area contributed by atoms with Crippen LogP contribution in [0.25, 0.3) is 0 Å². The summed E-state index contributed by atoms with van der Waals surface area (Å²) in [7, 11) is 1.60. The second-order valence-electron chi connectivity index (χ2n) is 3.76. The van der Waals surface area contributed by atoms with Crippen molar-refractivity contribution in [2.75, 3.05) is 18.2 Å². The van der Waals surface area contributed by atoms with Gasteiger partial charge in [-0.3, -0.25) is 0 Å². The molecular weight excluding hydrogens is 250 g/mol. The smallest absolute Gasteiger partial charge is 0.158 e. The van der Waals surface area contributed by atoms with Crippen LogP contribution in [0.1, 0.15) is 16.5 Å². The van der Waals surface area contributed by atoms with Crippen molar-refractivity contribution in [3.63, 3.8) is 0 Å². The Morgan fingerprint density at radius 2 is 2.22 bits per heavy atom. The molecule has 0 amide bonds. The first-order valence-corrected chi connectivity index (χ1v) is 6.32. The second-order valence-corrected chi connectivity index (χ2v) is 4.71. The molecule has 6 nitrogen and oxygen atoms in total. The molecule has 0 spiro atoms. The van der Waals surface area contributed by atoms with Gasteiger partial charge in [0.05, 0.1) is 6.54 Å². The Labute approximate surface area is 109 Å². The summed E-state index contributed by atoms with van der Waals surface area (Å²) in [6.07, 6.45) is 0. The minimum Gasteiger partial charge on any atom is -0.384 e. The number of anilines is 2. The number of rotatable bonds is 5. The summed E-state index contributed by atoms with van der Waals surface area (Å²) in [6.45, 7) is 2.94. The van der Waals surface area contributed by atoms with Crippen LogP contribution < -0.4 is 11.1 Å². The van der Waals surface area contributed by atoms with Crippen LogP contribution in [0.3, 0.4) is 0 Å². The molecule has 0 radical (unpaired) electrons. The molecule has 18 heavy (non-hydrogen) atoms. The highest BCUT2D eigenvalue weighted by Gasteiger charge is 2.04. The highest BCUT2D eigenvalue weighted by Crippen LogP contribution is 2.13. The highest BCUT2D eigenvalue weighted by molar-refractivity contribution is 7.09. The molecule has 2 aromatic rings. The Bertz CT molecular complexity index is 528. The molecule has 0 aliphatic rings. The molecule has 0 atom stereocenters. The first-order chi connectivity index (χ1) is 8.67. The molecule has 2 aromatic heterocycles. The Kier molecular flexibility index (Phi) is 4.06. The fraction of sp³-hybridized carbons (Fsp3) is 0.364. The quantitative estimate of drug-likeness (QED) is 0.853. The fourth-order valence-corrected chi connectivity index (χ4v) is 2.16. The fourth-order valence-electron chi connectivity index (χ4n) is 1.45. The summed E-state index contributed by atoms with van der Waals surface area (Å²) in [6, 6.07) is 1.69. The van der Waals surface area contributed by atoms with Gasteiger partial charge < -0.3 is 15.8 Å². The predicted molar refractivity (Wildman–Crippen MR) is 71.3 cm³/mol. The van der Waals surface area contributed by atoms with E-state index < -0.39 is 0 Å². The monoisotopic (exact) mass is 265 g/mol. The average molecular weight is 265 g/mol. The van der Waals surface area contributed by atoms with Crippen LogP contribution >= 0.6 is 11.3 Å². The van der Waals surface area contributed by atoms with Crippen LogP contribution in [-0.4, -0.2) is 22.1 Å². The molecule has 7 heteroatoms. The number of aryl methyl sites for hydroxylation is 1. The van der Waals surface area contributed by atoms with Crippen molar-refractivity contribution in [3.05, 3.63) is 28.0 Å². The highest BCUT2D eigenvalue weighted by atomic mass is 32.1. The van der Waals surface area contributed by atoms with Crippen molar-refractivity contribution in [3.8, 4) is 0 Å². The summed E-state index contributed by atoms with van der Waals surface area (Å²) in [5, 5.41) is 6.20. The van der Waals surface area contributed by atoms with Crippen LogP contribution in [0.4, 0.5) is 11.6 Å². The van der Waals surface area contributed by atoms with Crippen molar-refractivity contribution in [1.82, 2.24) is 15.0 Å². The van der Waals surface area contributed by atoms with Crippen molar-refractivity contribution < 1.29 is 4.74 Å². The van der Waals surface area contributed by atoms with E-state index in [0.717, 1.165) is 10.7 Å². The minimum absolute atomic E-state index is 0.343. The van der Waals surface area contributed by atoms with E-state index in [4.69, 9.17) is 10.5 Å². The number of aromatic nitrogens is 3. The number of nitrogens with two attached hydrogens (primary N) is 1. The first-order valence-electron chi connectivity index (χ1n) is 5.44. The molecule has 0 saturated carbocycles. The van der Waals surface area contributed by atoms with E-state index in [-0.39, 0.29) is 0 Å². The molecule has 96 valence electrons. The first kappa shape index (κ1) is 12.7. The Balaban J connectivity index is 2.04. The molecule has 0 aromatic carbocycles. The third-order valence-corrected chi connectivity index (χ3v) is 3.12. The molecule has 2 rings (SSSR count). The van der Waals surface area contributed by atoms with Crippen LogP contribution in [0.5, 0.6) is 0 Å². The van der Waals surface area contributed by atoms with Gasteiger partial charge in [-0.25, -0.2) is 15.0 Å². The lowest BCUT2D eigenvalue weighted by atomic mass is 10.4. The normalized spacial score (nSPS) is 10.6. The molecule has 3 N–H and O–H groups in total. The summed E-state index contributed by atoms with van der Waals surface area (Å²) in [5.41, 5.74) is 6.73. The number of methoxy groups -OCH3 is 1. The maximum Gasteiger partial charge on any atom is 0.158 e. The topological polar surface area (TPSA) is 86.0 Å². The lowest BCUT2D eigenvalue weighted by Gasteiger charge is -2.06. The number of hydrogen-bond donors (Lipinski definition) is 2. The van der Waals surface area contributed by atoms with Crippen molar-refractivity contribution in [2.24, 2.45) is 0 Å². The molecule has 2 heterocycles. The minimum atomic E-state index is 0.343. The number of thiazole rings is 1. The van der Waals surface area contributed by atoms with Crippen molar-refractivity contribution in [1.29, 1.82) is 0 Å². The Morgan fingerprint density at radius 1 is 1.39 bits per heavy atom. The molecule has 0 aliphatic heterocycles. The van der Waals surface area contributed by atoms with Crippen LogP contribution in [0.15, 0.2) is 11.4 Å². The molecule has 0 fully saturated rings. The van der Waals surface area contributed by atoms with Gasteiger partial charge in [0.25, 0.3) is 0 Å². The molecule has 0 unspecified atom stereocenters. The molecular formula is C11H15N5OS. The van der Waals surface area contributed by atoms with E-state index in [0.29, 0.717) is 30.6 Å². The lowest BCUT2D eigenvalue weighted by Crippen LogP contribution is -2.07. The van der Waals surface area contributed by atoms with Crippen LogP contribution in [-0.2, 0) is 17.9 Å². The van der Waals surface area contributed by atoms with Gasteiger partial charge in [-0.15, -0.1) is 11.3 Å². The number of nitrogen functional groups attached to an aromatic ring is 1. The zero-order chi connectivity index (χ0) is 13.0. The second kappa shape index (κ2) is 5.74. The predicted octanol–water partition coefficient (Wildman–Crippen LogP) is 1.58. The van der Waals surface area contributed by atoms with Gasteiger partial charge in [0.1, 0.15) is 23.3 Å². The number of nitrogens with one attached hydrogen (secondary N) is 1. The van der Waals surface area contributed by atoms with E-state index in [2.05, 4.69) is 20.3 Å². The lowest BCUT2D eigenvalue weighted by molar-refractivity contribution is 0.178. The Hall–Kier alpha value is -1.73. The van der Waals surface area contributed by atoms with Gasteiger partial charge in [-0.1, -0.05) is 0 Å². The SMILES string of the molecule is COCc1nc(N)cc(NCc2nc(C)cs2)n1. The van der Waals surface area contributed by atoms with Crippen molar-refractivity contribution in [2.45, 2.75) is 20.1 Å². The summed E-state index contributed by atoms with van der Waals surface area (Å²) in [4.78, 5) is 12.7. The van der Waals surface area contributed by atoms with E-state index >= 15 is 0 Å². The summed E-state index contributed by atoms with van der Waals surface area (Å²) < 4.78 is 4.99. The van der Waals surface area contributed by atoms with E-state index in [9.17, 15) is 0 Å². The molecule has 0 bridgehead atoms.